The fourth-order valence-electron chi connectivity index (χ4n) is 2.37. The first-order valence-corrected chi connectivity index (χ1v) is 9.49. The number of halogens is 1. The number of aliphatic imine (C=N–C) groups is 1. The van der Waals surface area contributed by atoms with E-state index in [-0.39, 0.29) is 24.0 Å². The summed E-state index contributed by atoms with van der Waals surface area (Å²) in [4.78, 5) is 4.64. The first-order valence-electron chi connectivity index (χ1n) is 9.49. The van der Waals surface area contributed by atoms with Gasteiger partial charge in [-0.25, -0.2) is 0 Å². The second kappa shape index (κ2) is 14.2. The van der Waals surface area contributed by atoms with Crippen LogP contribution in [0.2, 0.25) is 0 Å². The van der Waals surface area contributed by atoms with Crippen molar-refractivity contribution in [2.45, 2.75) is 33.3 Å². The normalized spacial score (nSPS) is 15.2. The van der Waals surface area contributed by atoms with Crippen LogP contribution in [0.5, 0.6) is 0 Å². The zero-order valence-electron chi connectivity index (χ0n) is 16.1. The van der Waals surface area contributed by atoms with Crippen molar-refractivity contribution in [1.29, 1.82) is 0 Å². The van der Waals surface area contributed by atoms with Crippen LogP contribution in [0.15, 0.2) is 35.3 Å². The maximum absolute atomic E-state index is 5.79. The van der Waals surface area contributed by atoms with E-state index in [4.69, 9.17) is 9.47 Å². The van der Waals surface area contributed by atoms with Gasteiger partial charge in [-0.3, -0.25) is 4.99 Å². The molecule has 5 nitrogen and oxygen atoms in total. The monoisotopic (exact) mass is 475 g/mol. The summed E-state index contributed by atoms with van der Waals surface area (Å²) in [5.74, 6) is 2.05. The lowest BCUT2D eigenvalue weighted by atomic mass is 10.2. The SMILES string of the molecule is CCNC(=NCC(C)COCc1ccccc1)NCCOCC1CC1.I. The molecule has 1 aromatic carbocycles. The molecule has 148 valence electrons. The first kappa shape index (κ1) is 23.2. The highest BCUT2D eigenvalue weighted by molar-refractivity contribution is 14.0. The molecule has 1 saturated carbocycles. The largest absolute Gasteiger partial charge is 0.379 e. The van der Waals surface area contributed by atoms with Crippen LogP contribution >= 0.6 is 24.0 Å². The van der Waals surface area contributed by atoms with Crippen LogP contribution in [0, 0.1) is 11.8 Å². The van der Waals surface area contributed by atoms with Crippen molar-refractivity contribution in [3.05, 3.63) is 35.9 Å². The number of hydrogen-bond acceptors (Lipinski definition) is 3. The number of rotatable bonds is 12. The van der Waals surface area contributed by atoms with E-state index in [1.54, 1.807) is 0 Å². The Balaban J connectivity index is 0.00000338. The Hall–Kier alpha value is -0.860. The third kappa shape index (κ3) is 11.0. The molecular weight excluding hydrogens is 441 g/mol. The van der Waals surface area contributed by atoms with Gasteiger partial charge in [0.1, 0.15) is 0 Å². The minimum Gasteiger partial charge on any atom is -0.379 e. The van der Waals surface area contributed by atoms with Crippen molar-refractivity contribution in [1.82, 2.24) is 10.6 Å². The predicted molar refractivity (Wildman–Crippen MR) is 118 cm³/mol. The van der Waals surface area contributed by atoms with E-state index in [2.05, 4.69) is 41.6 Å². The molecule has 2 rings (SSSR count). The van der Waals surface area contributed by atoms with Crippen LogP contribution in [-0.4, -0.2) is 45.4 Å². The average Bonchev–Trinajstić information content (AvgIpc) is 3.44. The Labute approximate surface area is 175 Å². The highest BCUT2D eigenvalue weighted by Crippen LogP contribution is 2.28. The van der Waals surface area contributed by atoms with Crippen molar-refractivity contribution in [3.63, 3.8) is 0 Å². The minimum absolute atomic E-state index is 0. The molecule has 26 heavy (non-hydrogen) atoms. The average molecular weight is 475 g/mol. The summed E-state index contributed by atoms with van der Waals surface area (Å²) in [6.45, 7) is 9.64. The molecule has 0 heterocycles. The van der Waals surface area contributed by atoms with Crippen molar-refractivity contribution in [2.75, 3.05) is 39.5 Å². The van der Waals surface area contributed by atoms with Crippen molar-refractivity contribution in [2.24, 2.45) is 16.8 Å². The Kier molecular flexibility index (Phi) is 12.7. The Morgan fingerprint density at radius 2 is 1.96 bits per heavy atom. The number of nitrogens with one attached hydrogen (secondary N) is 2. The van der Waals surface area contributed by atoms with Gasteiger partial charge in [0, 0.05) is 26.2 Å². The molecule has 1 aliphatic carbocycles. The van der Waals surface area contributed by atoms with Gasteiger partial charge >= 0.3 is 0 Å². The topological polar surface area (TPSA) is 54.9 Å². The molecule has 1 aliphatic rings. The van der Waals surface area contributed by atoms with Gasteiger partial charge in [0.25, 0.3) is 0 Å². The van der Waals surface area contributed by atoms with Gasteiger partial charge in [-0.15, -0.1) is 24.0 Å². The van der Waals surface area contributed by atoms with Crippen molar-refractivity contribution in [3.8, 4) is 0 Å². The third-order valence-corrected chi connectivity index (χ3v) is 4.01. The fourth-order valence-corrected chi connectivity index (χ4v) is 2.37. The van der Waals surface area contributed by atoms with Crippen LogP contribution in [0.1, 0.15) is 32.3 Å². The van der Waals surface area contributed by atoms with E-state index >= 15 is 0 Å². The Bertz CT molecular complexity index is 495. The van der Waals surface area contributed by atoms with Crippen LogP contribution in [0.25, 0.3) is 0 Å². The number of benzene rings is 1. The van der Waals surface area contributed by atoms with Gasteiger partial charge in [-0.1, -0.05) is 37.3 Å². The van der Waals surface area contributed by atoms with Crippen LogP contribution in [0.4, 0.5) is 0 Å². The first-order chi connectivity index (χ1) is 12.3. The summed E-state index contributed by atoms with van der Waals surface area (Å²) in [5, 5.41) is 6.60. The zero-order chi connectivity index (χ0) is 17.7. The van der Waals surface area contributed by atoms with Crippen molar-refractivity contribution >= 4 is 29.9 Å². The second-order valence-corrected chi connectivity index (χ2v) is 6.77. The third-order valence-electron chi connectivity index (χ3n) is 4.01. The molecule has 0 bridgehead atoms. The van der Waals surface area contributed by atoms with Gasteiger partial charge in [0.15, 0.2) is 5.96 Å². The zero-order valence-corrected chi connectivity index (χ0v) is 18.4. The molecule has 0 spiro atoms. The molecule has 0 amide bonds. The second-order valence-electron chi connectivity index (χ2n) is 6.77. The summed E-state index contributed by atoms with van der Waals surface area (Å²) in [7, 11) is 0. The molecule has 0 radical (unpaired) electrons. The van der Waals surface area contributed by atoms with Crippen LogP contribution in [0.3, 0.4) is 0 Å². The molecule has 0 saturated heterocycles. The number of guanidine groups is 1. The lowest BCUT2D eigenvalue weighted by Gasteiger charge is -2.14. The van der Waals surface area contributed by atoms with E-state index < -0.39 is 0 Å². The standard InChI is InChI=1S/C20H33N3O2.HI/c1-3-21-20(22-11-12-24-15-19-9-10-19)23-13-17(2)14-25-16-18-7-5-4-6-8-18;/h4-8,17,19H,3,9-16H2,1-2H3,(H2,21,22,23);1H. The smallest absolute Gasteiger partial charge is 0.191 e. The Morgan fingerprint density at radius 3 is 2.65 bits per heavy atom. The van der Waals surface area contributed by atoms with Gasteiger partial charge in [-0.2, -0.15) is 0 Å². The number of ether oxygens (including phenoxy) is 2. The maximum atomic E-state index is 5.79. The molecule has 1 fully saturated rings. The van der Waals surface area contributed by atoms with Gasteiger partial charge in [0.2, 0.25) is 0 Å². The maximum Gasteiger partial charge on any atom is 0.191 e. The van der Waals surface area contributed by atoms with E-state index in [0.29, 0.717) is 19.1 Å². The molecule has 0 aromatic heterocycles. The van der Waals surface area contributed by atoms with Gasteiger partial charge in [0.05, 0.1) is 19.8 Å². The Morgan fingerprint density at radius 1 is 1.19 bits per heavy atom. The molecule has 6 heteroatoms. The molecule has 2 N–H and O–H groups in total. The molecule has 0 aliphatic heterocycles. The van der Waals surface area contributed by atoms with Crippen molar-refractivity contribution < 1.29 is 9.47 Å². The summed E-state index contributed by atoms with van der Waals surface area (Å²) in [5.41, 5.74) is 1.21. The molecular formula is C20H34IN3O2. The molecule has 1 atom stereocenters. The van der Waals surface area contributed by atoms with Crippen LogP contribution < -0.4 is 10.6 Å². The predicted octanol–water partition coefficient (Wildman–Crippen LogP) is 3.44. The van der Waals surface area contributed by atoms with E-state index in [1.165, 1.54) is 18.4 Å². The summed E-state index contributed by atoms with van der Waals surface area (Å²) in [6, 6.07) is 10.3. The summed E-state index contributed by atoms with van der Waals surface area (Å²) in [6.07, 6.45) is 2.67. The van der Waals surface area contributed by atoms with E-state index in [0.717, 1.165) is 44.7 Å². The number of hydrogen-bond donors (Lipinski definition) is 2. The van der Waals surface area contributed by atoms with E-state index in [1.807, 2.05) is 18.2 Å². The lowest BCUT2D eigenvalue weighted by molar-refractivity contribution is 0.0944. The highest BCUT2D eigenvalue weighted by Gasteiger charge is 2.20. The quantitative estimate of drug-likeness (QED) is 0.211. The van der Waals surface area contributed by atoms with Crippen LogP contribution in [-0.2, 0) is 16.1 Å². The highest BCUT2D eigenvalue weighted by atomic mass is 127. The van der Waals surface area contributed by atoms with Gasteiger partial charge in [-0.05, 0) is 37.2 Å². The van der Waals surface area contributed by atoms with Gasteiger partial charge < -0.3 is 20.1 Å². The lowest BCUT2D eigenvalue weighted by Crippen LogP contribution is -2.39. The summed E-state index contributed by atoms with van der Waals surface area (Å²) >= 11 is 0. The molecule has 1 aromatic rings. The van der Waals surface area contributed by atoms with E-state index in [9.17, 15) is 0 Å². The fraction of sp³-hybridized carbons (Fsp3) is 0.650. The molecule has 1 unspecified atom stereocenters. The summed E-state index contributed by atoms with van der Waals surface area (Å²) < 4.78 is 11.4. The minimum atomic E-state index is 0. The number of nitrogens with zero attached hydrogens (tertiary/aromatic N) is 1.